The third kappa shape index (κ3) is 3.56. The number of rotatable bonds is 5. The van der Waals surface area contributed by atoms with Crippen molar-refractivity contribution in [1.82, 2.24) is 9.91 Å². The van der Waals surface area contributed by atoms with Crippen LogP contribution < -0.4 is 5.73 Å². The van der Waals surface area contributed by atoms with Gasteiger partial charge in [-0.25, -0.2) is 10.0 Å². The van der Waals surface area contributed by atoms with Gasteiger partial charge in [0.25, 0.3) is 0 Å². The second-order valence-electron chi connectivity index (χ2n) is 5.35. The number of amidine groups is 1. The van der Waals surface area contributed by atoms with E-state index >= 15 is 0 Å². The van der Waals surface area contributed by atoms with Crippen molar-refractivity contribution in [2.45, 2.75) is 13.2 Å². The average Bonchev–Trinajstić information content (AvgIpc) is 2.75. The summed E-state index contributed by atoms with van der Waals surface area (Å²) in [4.78, 5) is 6.54. The lowest BCUT2D eigenvalue weighted by atomic mass is 10.1. The van der Waals surface area contributed by atoms with Crippen molar-refractivity contribution in [1.29, 1.82) is 5.41 Å². The van der Waals surface area contributed by atoms with Gasteiger partial charge in [-0.3, -0.25) is 5.41 Å². The molecule has 1 aromatic rings. The average molecular weight is 302 g/mol. The van der Waals surface area contributed by atoms with Gasteiger partial charge in [0.05, 0.1) is 5.69 Å². The second kappa shape index (κ2) is 6.78. The Balaban J connectivity index is 2.31. The molecule has 0 fully saturated rings. The molecule has 22 heavy (non-hydrogen) atoms. The molecule has 1 unspecified atom stereocenters. The van der Waals surface area contributed by atoms with E-state index in [1.54, 1.807) is 29.3 Å². The van der Waals surface area contributed by atoms with Crippen LogP contribution in [-0.2, 0) is 0 Å². The number of aliphatic hydroxyl groups is 1. The highest BCUT2D eigenvalue weighted by molar-refractivity contribution is 6.70. The Labute approximate surface area is 130 Å². The van der Waals surface area contributed by atoms with Crippen LogP contribution >= 0.6 is 0 Å². The lowest BCUT2D eigenvalue weighted by Crippen LogP contribution is -2.30. The van der Waals surface area contributed by atoms with Crippen molar-refractivity contribution in [2.75, 3.05) is 27.2 Å². The van der Waals surface area contributed by atoms with Crippen molar-refractivity contribution in [3.8, 4) is 0 Å². The van der Waals surface area contributed by atoms with Crippen LogP contribution in [0.5, 0.6) is 0 Å². The maximum absolute atomic E-state index is 9.33. The first-order valence-electron chi connectivity index (χ1n) is 7.13. The highest BCUT2D eigenvalue weighted by Gasteiger charge is 2.27. The van der Waals surface area contributed by atoms with E-state index in [1.807, 2.05) is 25.9 Å². The largest absolute Gasteiger partial charge is 0.375 e. The maximum atomic E-state index is 9.33. The minimum absolute atomic E-state index is 0.308. The minimum Gasteiger partial charge on any atom is -0.375 e. The van der Waals surface area contributed by atoms with Crippen molar-refractivity contribution >= 4 is 22.9 Å². The van der Waals surface area contributed by atoms with Crippen LogP contribution in [0.1, 0.15) is 18.7 Å². The zero-order valence-corrected chi connectivity index (χ0v) is 13.1. The number of aliphatic hydroxyl groups excluding tert-OH is 1. The Morgan fingerprint density at radius 1 is 1.36 bits per heavy atom. The van der Waals surface area contributed by atoms with Crippen LogP contribution in [0.15, 0.2) is 34.4 Å². The molecule has 1 heterocycles. The highest BCUT2D eigenvalue weighted by Crippen LogP contribution is 2.18. The predicted molar refractivity (Wildman–Crippen MR) is 88.8 cm³/mol. The lowest BCUT2D eigenvalue weighted by Gasteiger charge is -2.10. The molecule has 1 aromatic carbocycles. The number of nitrogens with one attached hydrogen (secondary N) is 1. The maximum Gasteiger partial charge on any atom is 0.169 e. The summed E-state index contributed by atoms with van der Waals surface area (Å²) in [5, 5.41) is 23.6. The normalized spacial score (nSPS) is 18.3. The molecule has 0 aromatic heterocycles. The molecule has 0 saturated heterocycles. The summed E-state index contributed by atoms with van der Waals surface area (Å²) >= 11 is 0. The van der Waals surface area contributed by atoms with Gasteiger partial charge in [0.2, 0.25) is 0 Å². The van der Waals surface area contributed by atoms with Gasteiger partial charge in [-0.1, -0.05) is 12.1 Å². The predicted octanol–water partition coefficient (Wildman–Crippen LogP) is 0.939. The Hall–Kier alpha value is -2.09. The van der Waals surface area contributed by atoms with Crippen molar-refractivity contribution in [2.24, 2.45) is 15.8 Å². The molecular formula is C15H22N6O. The smallest absolute Gasteiger partial charge is 0.169 e. The Morgan fingerprint density at radius 3 is 2.50 bits per heavy atom. The number of hydrogen-bond acceptors (Lipinski definition) is 6. The third-order valence-electron chi connectivity index (χ3n) is 3.24. The van der Waals surface area contributed by atoms with E-state index in [0.29, 0.717) is 35.9 Å². The van der Waals surface area contributed by atoms with Crippen molar-refractivity contribution in [3.05, 3.63) is 29.8 Å². The van der Waals surface area contributed by atoms with Crippen LogP contribution in [0.4, 0.5) is 5.69 Å². The van der Waals surface area contributed by atoms with Crippen LogP contribution in [0, 0.1) is 5.41 Å². The molecule has 1 aliphatic rings. The number of aliphatic imine (C=N–C) groups is 1. The van der Waals surface area contributed by atoms with Gasteiger partial charge in [0.15, 0.2) is 5.84 Å². The van der Waals surface area contributed by atoms with Gasteiger partial charge in [0, 0.05) is 13.1 Å². The van der Waals surface area contributed by atoms with Crippen LogP contribution in [0.3, 0.4) is 0 Å². The molecule has 0 amide bonds. The SMILES string of the molecule is CCN1N=C(CN(C)C)C(=Nc2ccc(C(N)O)cc2)C1=N. The number of hydrogen-bond donors (Lipinski definition) is 3. The zero-order valence-electron chi connectivity index (χ0n) is 13.1. The molecule has 1 atom stereocenters. The van der Waals surface area contributed by atoms with E-state index < -0.39 is 6.23 Å². The van der Waals surface area contributed by atoms with Gasteiger partial charge >= 0.3 is 0 Å². The number of benzene rings is 1. The van der Waals surface area contributed by atoms with Gasteiger partial charge in [-0.15, -0.1) is 0 Å². The molecule has 4 N–H and O–H groups in total. The van der Waals surface area contributed by atoms with Crippen LogP contribution in [-0.4, -0.2) is 59.5 Å². The number of hydrazone groups is 1. The Bertz CT molecular complexity index is 603. The number of nitrogens with two attached hydrogens (primary N) is 1. The fourth-order valence-electron chi connectivity index (χ4n) is 2.13. The molecule has 2 rings (SSSR count). The van der Waals surface area contributed by atoms with E-state index in [0.717, 1.165) is 5.71 Å². The molecule has 7 nitrogen and oxygen atoms in total. The summed E-state index contributed by atoms with van der Waals surface area (Å²) in [7, 11) is 3.91. The van der Waals surface area contributed by atoms with E-state index in [4.69, 9.17) is 11.1 Å². The fraction of sp³-hybridized carbons (Fsp3) is 0.400. The molecule has 1 aliphatic heterocycles. The Kier molecular flexibility index (Phi) is 5.02. The summed E-state index contributed by atoms with van der Waals surface area (Å²) in [6.07, 6.45) is -0.993. The third-order valence-corrected chi connectivity index (χ3v) is 3.24. The molecule has 0 spiro atoms. The van der Waals surface area contributed by atoms with Crippen molar-refractivity contribution < 1.29 is 5.11 Å². The molecule has 0 bridgehead atoms. The molecule has 0 aliphatic carbocycles. The summed E-state index contributed by atoms with van der Waals surface area (Å²) in [5.74, 6) is 0.308. The quantitative estimate of drug-likeness (QED) is 0.704. The van der Waals surface area contributed by atoms with Crippen molar-refractivity contribution in [3.63, 3.8) is 0 Å². The molecular weight excluding hydrogens is 280 g/mol. The minimum atomic E-state index is -0.993. The number of nitrogens with zero attached hydrogens (tertiary/aromatic N) is 4. The topological polar surface area (TPSA) is 101 Å². The first-order chi connectivity index (χ1) is 10.4. The van der Waals surface area contributed by atoms with Gasteiger partial charge in [-0.05, 0) is 38.7 Å². The van der Waals surface area contributed by atoms with Crippen LogP contribution in [0.25, 0.3) is 0 Å². The lowest BCUT2D eigenvalue weighted by molar-refractivity contribution is 0.186. The molecule has 118 valence electrons. The first-order valence-corrected chi connectivity index (χ1v) is 7.13. The standard InChI is InChI=1S/C15H22N6O/c1-4-21-14(16)13(12(19-21)9-20(2)3)18-11-7-5-10(6-8-11)15(17)22/h5-8,15-16,22H,4,9,17H2,1-3H3. The monoisotopic (exact) mass is 302 g/mol. The Morgan fingerprint density at radius 2 is 2.00 bits per heavy atom. The highest BCUT2D eigenvalue weighted by atomic mass is 16.3. The molecule has 0 radical (unpaired) electrons. The summed E-state index contributed by atoms with van der Waals surface area (Å²) < 4.78 is 0. The van der Waals surface area contributed by atoms with Gasteiger partial charge < -0.3 is 15.7 Å². The zero-order chi connectivity index (χ0) is 16.3. The van der Waals surface area contributed by atoms with Gasteiger partial charge in [0.1, 0.15) is 17.7 Å². The first kappa shape index (κ1) is 16.3. The summed E-state index contributed by atoms with van der Waals surface area (Å²) in [5.41, 5.74) is 8.10. The summed E-state index contributed by atoms with van der Waals surface area (Å²) in [6.45, 7) is 3.20. The van der Waals surface area contributed by atoms with E-state index in [2.05, 4.69) is 10.1 Å². The van der Waals surface area contributed by atoms with E-state index in [1.165, 1.54) is 0 Å². The fourth-order valence-corrected chi connectivity index (χ4v) is 2.13. The molecule has 0 saturated carbocycles. The van der Waals surface area contributed by atoms with E-state index in [-0.39, 0.29) is 0 Å². The van der Waals surface area contributed by atoms with E-state index in [9.17, 15) is 5.11 Å². The molecule has 7 heteroatoms. The summed E-state index contributed by atoms with van der Waals surface area (Å²) in [6, 6.07) is 6.99. The second-order valence-corrected chi connectivity index (χ2v) is 5.35. The van der Waals surface area contributed by atoms with Crippen LogP contribution in [0.2, 0.25) is 0 Å². The van der Waals surface area contributed by atoms with Gasteiger partial charge in [-0.2, -0.15) is 5.10 Å².